The normalized spacial score (nSPS) is 15.1. The summed E-state index contributed by atoms with van der Waals surface area (Å²) in [6, 6.07) is 28.7. The molecule has 1 aliphatic heterocycles. The van der Waals surface area contributed by atoms with Crippen LogP contribution in [0, 0.1) is 0 Å². The minimum Gasteiger partial charge on any atom is -0.369 e. The molecule has 0 aliphatic carbocycles. The molecule has 198 valence electrons. The van der Waals surface area contributed by atoms with Gasteiger partial charge in [0.05, 0.1) is 0 Å². The second kappa shape index (κ2) is 11.2. The van der Waals surface area contributed by atoms with Crippen LogP contribution in [0.2, 0.25) is 0 Å². The molecule has 1 fully saturated rings. The zero-order valence-corrected chi connectivity index (χ0v) is 22.2. The summed E-state index contributed by atoms with van der Waals surface area (Å²) in [5, 5.41) is 14.0. The van der Waals surface area contributed by atoms with Gasteiger partial charge in [-0.15, -0.1) is 5.10 Å². The monoisotopic (exact) mass is 519 g/mol. The van der Waals surface area contributed by atoms with E-state index in [1.165, 1.54) is 16.8 Å². The fraction of sp³-hybridized carbons (Fsp3) is 0.290. The van der Waals surface area contributed by atoms with Crippen LogP contribution >= 0.6 is 0 Å². The van der Waals surface area contributed by atoms with E-state index in [0.717, 1.165) is 49.9 Å². The average Bonchev–Trinajstić information content (AvgIpc) is 3.45. The predicted octanol–water partition coefficient (Wildman–Crippen LogP) is 4.23. The Hall–Kier alpha value is -4.30. The lowest BCUT2D eigenvalue weighted by molar-refractivity contribution is 0.199. The van der Waals surface area contributed by atoms with Crippen molar-refractivity contribution in [1.82, 2.24) is 30.1 Å². The molecule has 5 aromatic rings. The molecule has 1 saturated heterocycles. The van der Waals surface area contributed by atoms with Gasteiger partial charge in [0.15, 0.2) is 5.82 Å². The highest BCUT2D eigenvalue weighted by atomic mass is 16.1. The second-order valence-electron chi connectivity index (χ2n) is 10.1. The zero-order chi connectivity index (χ0) is 26.6. The van der Waals surface area contributed by atoms with Gasteiger partial charge < -0.3 is 9.88 Å². The smallest absolute Gasteiger partial charge is 0.253 e. The molecule has 3 heterocycles. The SMILES string of the molecule is CCc1ccc2[nH]c(=O)c([C@@H](c3nnnn3CCc3ccccc3)N3CCN(c4ccccc4)CC3)cc2c1. The third-order valence-corrected chi connectivity index (χ3v) is 7.70. The number of aromatic nitrogens is 5. The lowest BCUT2D eigenvalue weighted by atomic mass is 10.0. The van der Waals surface area contributed by atoms with Crippen molar-refractivity contribution >= 4 is 16.6 Å². The number of hydrogen-bond donors (Lipinski definition) is 1. The Morgan fingerprint density at radius 2 is 1.62 bits per heavy atom. The van der Waals surface area contributed by atoms with Crippen molar-refractivity contribution in [3.05, 3.63) is 118 Å². The quantitative estimate of drug-likeness (QED) is 0.330. The van der Waals surface area contributed by atoms with Crippen LogP contribution < -0.4 is 10.5 Å². The Morgan fingerprint density at radius 3 is 2.36 bits per heavy atom. The van der Waals surface area contributed by atoms with Gasteiger partial charge in [-0.05, 0) is 70.1 Å². The minimum atomic E-state index is -0.355. The summed E-state index contributed by atoms with van der Waals surface area (Å²) in [6.07, 6.45) is 1.74. The standard InChI is InChI=1S/C31H33N7O/c1-2-23-13-14-28-25(21-23)22-27(31(39)32-28)29(37-19-17-36(18-20-37)26-11-7-4-8-12-26)30-33-34-35-38(30)16-15-24-9-5-3-6-10-24/h3-14,21-22,29H,2,15-20H2,1H3,(H,32,39)/t29-/m0/s1. The van der Waals surface area contributed by atoms with Crippen molar-refractivity contribution in [3.63, 3.8) is 0 Å². The highest BCUT2D eigenvalue weighted by Crippen LogP contribution is 2.29. The van der Waals surface area contributed by atoms with Gasteiger partial charge in [-0.1, -0.05) is 61.5 Å². The molecule has 0 amide bonds. The van der Waals surface area contributed by atoms with Gasteiger partial charge in [0, 0.05) is 49.5 Å². The van der Waals surface area contributed by atoms with E-state index in [2.05, 4.69) is 85.8 Å². The summed E-state index contributed by atoms with van der Waals surface area (Å²) in [7, 11) is 0. The highest BCUT2D eigenvalue weighted by Gasteiger charge is 2.32. The molecule has 1 N–H and O–H groups in total. The fourth-order valence-electron chi connectivity index (χ4n) is 5.52. The van der Waals surface area contributed by atoms with E-state index in [-0.39, 0.29) is 11.6 Å². The van der Waals surface area contributed by atoms with Crippen LogP contribution in [0.5, 0.6) is 0 Å². The molecule has 0 spiro atoms. The van der Waals surface area contributed by atoms with Crippen LogP contribution in [0.1, 0.15) is 35.5 Å². The summed E-state index contributed by atoms with van der Waals surface area (Å²) < 4.78 is 1.87. The lowest BCUT2D eigenvalue weighted by Crippen LogP contribution is -2.49. The lowest BCUT2D eigenvalue weighted by Gasteiger charge is -2.39. The van der Waals surface area contributed by atoms with Crippen molar-refractivity contribution < 1.29 is 0 Å². The zero-order valence-electron chi connectivity index (χ0n) is 22.2. The molecule has 8 heteroatoms. The summed E-state index contributed by atoms with van der Waals surface area (Å²) in [6.45, 7) is 6.08. The summed E-state index contributed by atoms with van der Waals surface area (Å²) in [5.41, 5.74) is 5.11. The number of nitrogens with one attached hydrogen (secondary N) is 1. The van der Waals surface area contributed by atoms with Crippen molar-refractivity contribution in [1.29, 1.82) is 0 Å². The summed E-state index contributed by atoms with van der Waals surface area (Å²) in [4.78, 5) is 21.4. The largest absolute Gasteiger partial charge is 0.369 e. The first-order valence-electron chi connectivity index (χ1n) is 13.7. The van der Waals surface area contributed by atoms with Gasteiger partial charge in [-0.2, -0.15) is 0 Å². The number of fused-ring (bicyclic) bond motifs is 1. The Morgan fingerprint density at radius 1 is 0.872 bits per heavy atom. The van der Waals surface area contributed by atoms with Gasteiger partial charge in [0.1, 0.15) is 6.04 Å². The molecule has 1 atom stereocenters. The van der Waals surface area contributed by atoms with Crippen molar-refractivity contribution in [2.24, 2.45) is 0 Å². The molecule has 8 nitrogen and oxygen atoms in total. The Labute approximate surface area is 227 Å². The van der Waals surface area contributed by atoms with Gasteiger partial charge in [-0.25, -0.2) is 4.68 Å². The first-order chi connectivity index (χ1) is 19.2. The number of anilines is 1. The molecule has 0 radical (unpaired) electrons. The van der Waals surface area contributed by atoms with Crippen molar-refractivity contribution in [2.45, 2.75) is 32.4 Å². The number of piperazine rings is 1. The Bertz CT molecular complexity index is 1590. The third-order valence-electron chi connectivity index (χ3n) is 7.70. The molecule has 3 aromatic carbocycles. The topological polar surface area (TPSA) is 82.9 Å². The van der Waals surface area contributed by atoms with E-state index in [1.807, 2.05) is 41.1 Å². The van der Waals surface area contributed by atoms with Crippen molar-refractivity contribution in [2.75, 3.05) is 31.1 Å². The maximum Gasteiger partial charge on any atom is 0.253 e. The first kappa shape index (κ1) is 25.0. The molecule has 6 rings (SSSR count). The average molecular weight is 520 g/mol. The Kier molecular flexibility index (Phi) is 7.19. The number of H-pyrrole nitrogens is 1. The highest BCUT2D eigenvalue weighted by molar-refractivity contribution is 5.80. The molecule has 0 bridgehead atoms. The molecular weight excluding hydrogens is 486 g/mol. The minimum absolute atomic E-state index is 0.0974. The number of hydrogen-bond acceptors (Lipinski definition) is 6. The number of rotatable bonds is 8. The fourth-order valence-corrected chi connectivity index (χ4v) is 5.52. The van der Waals surface area contributed by atoms with E-state index in [9.17, 15) is 4.79 Å². The van der Waals surface area contributed by atoms with Gasteiger partial charge >= 0.3 is 0 Å². The molecule has 0 unspecified atom stereocenters. The van der Waals surface area contributed by atoms with Crippen LogP contribution in [0.4, 0.5) is 5.69 Å². The van der Waals surface area contributed by atoms with E-state index in [0.29, 0.717) is 17.9 Å². The number of aryl methyl sites for hydroxylation is 3. The maximum absolute atomic E-state index is 13.6. The molecule has 1 aliphatic rings. The van der Waals surface area contributed by atoms with E-state index in [1.54, 1.807) is 0 Å². The van der Waals surface area contributed by atoms with Crippen LogP contribution in [0.15, 0.2) is 89.7 Å². The van der Waals surface area contributed by atoms with Gasteiger partial charge in [0.2, 0.25) is 0 Å². The number of nitrogens with zero attached hydrogens (tertiary/aromatic N) is 6. The second-order valence-corrected chi connectivity index (χ2v) is 10.1. The first-order valence-corrected chi connectivity index (χ1v) is 13.7. The molecule has 2 aromatic heterocycles. The molecule has 39 heavy (non-hydrogen) atoms. The number of benzene rings is 3. The Balaban J connectivity index is 1.36. The van der Waals surface area contributed by atoms with Gasteiger partial charge in [0.25, 0.3) is 5.56 Å². The summed E-state index contributed by atoms with van der Waals surface area (Å²) >= 11 is 0. The van der Waals surface area contributed by atoms with Gasteiger partial charge in [-0.3, -0.25) is 9.69 Å². The van der Waals surface area contributed by atoms with Crippen molar-refractivity contribution in [3.8, 4) is 0 Å². The van der Waals surface area contributed by atoms with Crippen LogP contribution in [-0.4, -0.2) is 56.3 Å². The third kappa shape index (κ3) is 5.33. The van der Waals surface area contributed by atoms with E-state index >= 15 is 0 Å². The molecular formula is C31H33N7O. The predicted molar refractivity (Wildman–Crippen MR) is 154 cm³/mol. The summed E-state index contributed by atoms with van der Waals surface area (Å²) in [5.74, 6) is 0.704. The molecule has 0 saturated carbocycles. The number of aromatic amines is 1. The number of pyridine rings is 1. The van der Waals surface area contributed by atoms with Crippen LogP contribution in [0.25, 0.3) is 10.9 Å². The van der Waals surface area contributed by atoms with E-state index < -0.39 is 0 Å². The number of para-hydroxylation sites is 1. The maximum atomic E-state index is 13.6. The van der Waals surface area contributed by atoms with Crippen LogP contribution in [-0.2, 0) is 19.4 Å². The van der Waals surface area contributed by atoms with E-state index in [4.69, 9.17) is 0 Å². The van der Waals surface area contributed by atoms with Crippen LogP contribution in [0.3, 0.4) is 0 Å². The number of tetrazole rings is 1.